The van der Waals surface area contributed by atoms with Gasteiger partial charge in [-0.15, -0.1) is 0 Å². The summed E-state index contributed by atoms with van der Waals surface area (Å²) in [5.41, 5.74) is -0.208. The molecule has 8 aromatic rings. The lowest BCUT2D eigenvalue weighted by molar-refractivity contribution is -0.125. The monoisotopic (exact) mass is 1420 g/mol. The summed E-state index contributed by atoms with van der Waals surface area (Å²) in [6.07, 6.45) is 10.8. The van der Waals surface area contributed by atoms with Gasteiger partial charge in [-0.3, -0.25) is 34.3 Å². The van der Waals surface area contributed by atoms with Gasteiger partial charge in [0.15, 0.2) is 11.6 Å². The van der Waals surface area contributed by atoms with E-state index in [-0.39, 0.29) is 106 Å². The molecule has 15 rings (SSSR count). The number of anilines is 2. The van der Waals surface area contributed by atoms with E-state index in [1.54, 1.807) is 64.5 Å². The fourth-order valence-electron chi connectivity index (χ4n) is 16.2. The highest BCUT2D eigenvalue weighted by molar-refractivity contribution is 6.37. The van der Waals surface area contributed by atoms with E-state index < -0.39 is 40.9 Å². The molecule has 2 amide bonds. The lowest BCUT2D eigenvalue weighted by Crippen LogP contribution is -2.43. The van der Waals surface area contributed by atoms with Crippen LogP contribution in [0.15, 0.2) is 85.2 Å². The average Bonchev–Trinajstić information content (AvgIpc) is 1.36. The number of fused-ring (bicyclic) bond motifs is 6. The van der Waals surface area contributed by atoms with Crippen LogP contribution in [0, 0.1) is 29.3 Å². The van der Waals surface area contributed by atoms with Gasteiger partial charge in [-0.2, -0.15) is 19.9 Å². The van der Waals surface area contributed by atoms with Crippen molar-refractivity contribution in [1.82, 2.24) is 59.3 Å². The van der Waals surface area contributed by atoms with Crippen molar-refractivity contribution < 1.29 is 45.8 Å². The molecule has 11 heterocycles. The molecule has 0 saturated carbocycles. The Balaban J connectivity index is 0.594. The number of halogens is 7. The van der Waals surface area contributed by atoms with Gasteiger partial charge in [-0.1, -0.05) is 83.7 Å². The third-order valence-electron chi connectivity index (χ3n) is 21.9. The van der Waals surface area contributed by atoms with Crippen molar-refractivity contribution in [2.24, 2.45) is 0 Å². The number of carbonyl (C=O) groups is 2. The van der Waals surface area contributed by atoms with Crippen molar-refractivity contribution in [2.75, 3.05) is 136 Å². The topological polar surface area (TPSA) is 165 Å². The van der Waals surface area contributed by atoms with Crippen LogP contribution in [0.2, 0.25) is 10.0 Å². The third-order valence-corrected chi connectivity index (χ3v) is 22.6. The highest BCUT2D eigenvalue weighted by Gasteiger charge is 2.51. The Morgan fingerprint density at radius 2 is 1.24 bits per heavy atom. The van der Waals surface area contributed by atoms with Gasteiger partial charge in [0.05, 0.1) is 46.6 Å². The zero-order valence-corrected chi connectivity index (χ0v) is 58.2. The first-order chi connectivity index (χ1) is 48.9. The first-order valence-corrected chi connectivity index (χ1v) is 35.7. The van der Waals surface area contributed by atoms with E-state index in [0.717, 1.165) is 63.7 Å². The van der Waals surface area contributed by atoms with E-state index >= 15 is 13.2 Å². The molecule has 19 nitrogen and oxygen atoms in total. The Morgan fingerprint density at radius 3 is 1.83 bits per heavy atom. The molecule has 528 valence electrons. The summed E-state index contributed by atoms with van der Waals surface area (Å²) >= 11 is 13.7. The number of hydrogen-bond donors (Lipinski definition) is 0. The number of rotatable bonds is 21. The predicted molar refractivity (Wildman–Crippen MR) is 379 cm³/mol. The molecule has 26 heteroatoms. The summed E-state index contributed by atoms with van der Waals surface area (Å²) in [4.78, 5) is 71.1. The van der Waals surface area contributed by atoms with Gasteiger partial charge in [0.1, 0.15) is 65.4 Å². The Morgan fingerprint density at radius 1 is 0.673 bits per heavy atom. The van der Waals surface area contributed by atoms with Crippen molar-refractivity contribution >= 4 is 90.0 Å². The lowest BCUT2D eigenvalue weighted by Gasteiger charge is -2.31. The number of amides is 2. The van der Waals surface area contributed by atoms with Crippen molar-refractivity contribution in [3.05, 3.63) is 118 Å². The van der Waals surface area contributed by atoms with E-state index in [2.05, 4.69) is 46.5 Å². The number of benzene rings is 4. The molecular weight excluding hydrogens is 1340 g/mol. The lowest BCUT2D eigenvalue weighted by atomic mass is 9.95. The SMILES string of the molecule is CN(C/C=C/C(=O)N1CC[C@@H](N(C)c2nc(OC[C@@]34CCCN3C[C@H](F)C4)nc3c(F)c(-c4cccc5cccc(Cl)c45)ncc23)C1)CCOCc1cc2cccc(-c3ncc4c(N(C)[C@@H]5CCN(C(=O)C#CCN6CCC6)C5)nc(OC[C@@]56CCCN5C[C@H](F)C6)nc4c3F)c2c(Cl)c1F. The normalized spacial score (nSPS) is 23.1. The largest absolute Gasteiger partial charge is 0.461 e. The van der Waals surface area contributed by atoms with Crippen LogP contribution in [0.5, 0.6) is 12.0 Å². The highest BCUT2D eigenvalue weighted by atomic mass is 35.5. The number of ether oxygens (including phenoxy) is 3. The number of pyridine rings is 2. The maximum Gasteiger partial charge on any atom is 0.319 e. The van der Waals surface area contributed by atoms with Crippen LogP contribution in [-0.2, 0) is 20.9 Å². The van der Waals surface area contributed by atoms with Gasteiger partial charge in [-0.25, -0.2) is 22.0 Å². The summed E-state index contributed by atoms with van der Waals surface area (Å²) < 4.78 is 99.9. The fourth-order valence-corrected chi connectivity index (χ4v) is 16.9. The Kier molecular flexibility index (Phi) is 19.4. The fraction of sp³-hybridized carbons (Fsp3) is 0.467. The third kappa shape index (κ3) is 13.4. The summed E-state index contributed by atoms with van der Waals surface area (Å²) in [5.74, 6) is 3.92. The standard InChI is InChI=1S/C75H79Cl2F5N14O5/c1-89(24-7-18-58(97)93-30-20-51(41-93)90(2)70-55-37-83-66(53-15-4-12-46-13-6-17-57(76)60(46)53)64(81)68(55)85-72(87-70)100-44-74-22-9-28-95(74)39-49(78)35-74)32-33-99-43-48-34-47-14-5-16-54(61(47)62(77)63(48)80)67-65(82)69-56(38-84-67)71(88-73(86-69)101-45-75-23-10-29-96(75)40-50(79)36-75)91(3)52-21-31-94(42-52)59(98)19-8-25-92-26-11-27-92/h4-7,12-18,34,37-38,49-52H,9-11,20-33,35-36,39-45H2,1-3H3/b18-7+/t49-,50-,51-,52-,74+,75+/m1/s1. The molecule has 7 aliphatic rings. The van der Waals surface area contributed by atoms with Crippen LogP contribution in [-0.4, -0.2) is 233 Å². The van der Waals surface area contributed by atoms with Crippen molar-refractivity contribution in [1.29, 1.82) is 0 Å². The van der Waals surface area contributed by atoms with Crippen LogP contribution in [0.4, 0.5) is 33.6 Å². The van der Waals surface area contributed by atoms with Crippen molar-refractivity contribution in [3.8, 4) is 46.4 Å². The second-order valence-electron chi connectivity index (χ2n) is 28.3. The Labute approximate surface area is 592 Å². The first kappa shape index (κ1) is 68.6. The molecule has 0 radical (unpaired) electrons. The second-order valence-corrected chi connectivity index (χ2v) is 29.0. The van der Waals surface area contributed by atoms with Crippen LogP contribution < -0.4 is 19.3 Å². The summed E-state index contributed by atoms with van der Waals surface area (Å²) in [7, 11) is 5.57. The molecule has 0 spiro atoms. The van der Waals surface area contributed by atoms with Crippen LogP contribution >= 0.6 is 23.2 Å². The highest BCUT2D eigenvalue weighted by Crippen LogP contribution is 2.45. The van der Waals surface area contributed by atoms with Gasteiger partial charge in [-0.05, 0) is 93.9 Å². The summed E-state index contributed by atoms with van der Waals surface area (Å²) in [6, 6.07) is 17.2. The number of carbonyl (C=O) groups excluding carboxylic acids is 2. The van der Waals surface area contributed by atoms with E-state index in [9.17, 15) is 18.4 Å². The zero-order valence-electron chi connectivity index (χ0n) is 56.7. The zero-order chi connectivity index (χ0) is 69.8. The van der Waals surface area contributed by atoms with Crippen LogP contribution in [0.25, 0.3) is 65.9 Å². The van der Waals surface area contributed by atoms with Gasteiger partial charge in [0.2, 0.25) is 5.91 Å². The molecule has 101 heavy (non-hydrogen) atoms. The molecule has 0 unspecified atom stereocenters. The van der Waals surface area contributed by atoms with Crippen LogP contribution in [0.1, 0.15) is 63.4 Å². The molecule has 7 fully saturated rings. The molecule has 4 aromatic carbocycles. The predicted octanol–water partition coefficient (Wildman–Crippen LogP) is 11.1. The minimum absolute atomic E-state index is 0.0106. The number of hydrogen-bond acceptors (Lipinski definition) is 17. The van der Waals surface area contributed by atoms with E-state index in [4.69, 9.17) is 47.4 Å². The minimum Gasteiger partial charge on any atom is -0.461 e. The summed E-state index contributed by atoms with van der Waals surface area (Å²) in [5, 5.41) is 3.13. The number of alkyl halides is 2. The Hall–Kier alpha value is -8.15. The maximum absolute atomic E-state index is 17.6. The average molecular weight is 1420 g/mol. The molecule has 4 aromatic heterocycles. The maximum atomic E-state index is 17.6. The van der Waals surface area contributed by atoms with Crippen molar-refractivity contribution in [3.63, 3.8) is 0 Å². The van der Waals surface area contributed by atoms with E-state index in [1.165, 1.54) is 6.20 Å². The van der Waals surface area contributed by atoms with Gasteiger partial charge < -0.3 is 38.7 Å². The number of likely N-dealkylation sites (N-methyl/N-ethyl adjacent to an activating group) is 3. The molecule has 6 atom stereocenters. The Bertz CT molecular complexity index is 4640. The number of aromatic nitrogens is 6. The molecule has 0 aliphatic carbocycles. The molecule has 0 bridgehead atoms. The van der Waals surface area contributed by atoms with Crippen molar-refractivity contribution in [2.45, 2.75) is 99.9 Å². The quantitative estimate of drug-likeness (QED) is 0.0288. The molecule has 7 aliphatic heterocycles. The number of likely N-dealkylation sites (tertiary alicyclic amines) is 3. The molecular formula is C75H79Cl2F5N14O5. The minimum atomic E-state index is -0.990. The van der Waals surface area contributed by atoms with Crippen LogP contribution in [0.3, 0.4) is 0 Å². The van der Waals surface area contributed by atoms with Gasteiger partial charge in [0, 0.05) is 155 Å². The van der Waals surface area contributed by atoms with Gasteiger partial charge >= 0.3 is 12.0 Å². The second kappa shape index (κ2) is 28.6. The van der Waals surface area contributed by atoms with E-state index in [0.29, 0.717) is 128 Å². The summed E-state index contributed by atoms with van der Waals surface area (Å²) in [6.45, 7) is 7.57. The van der Waals surface area contributed by atoms with Gasteiger partial charge in [0.25, 0.3) is 5.91 Å². The first-order valence-electron chi connectivity index (χ1n) is 34.9. The molecule has 7 saturated heterocycles. The smallest absolute Gasteiger partial charge is 0.319 e. The molecule has 0 N–H and O–H groups in total. The van der Waals surface area contributed by atoms with E-state index in [1.807, 2.05) is 60.1 Å². The number of nitrogens with zero attached hydrogens (tertiary/aromatic N) is 14.